The van der Waals surface area contributed by atoms with E-state index in [1.165, 1.54) is 4.68 Å². The van der Waals surface area contributed by atoms with Gasteiger partial charge >= 0.3 is 0 Å². The maximum atomic E-state index is 12.9. The monoisotopic (exact) mass is 431 g/mol. The van der Waals surface area contributed by atoms with Crippen molar-refractivity contribution in [3.05, 3.63) is 29.2 Å². The molecule has 3 aromatic rings. The Morgan fingerprint density at radius 2 is 2.16 bits per heavy atom. The Morgan fingerprint density at radius 3 is 2.87 bits per heavy atom. The van der Waals surface area contributed by atoms with E-state index in [4.69, 9.17) is 9.47 Å². The molecule has 9 nitrogen and oxygen atoms in total. The van der Waals surface area contributed by atoms with Gasteiger partial charge in [-0.05, 0) is 30.6 Å². The molecule has 0 amide bonds. The zero-order valence-electron chi connectivity index (χ0n) is 17.3. The Labute approximate surface area is 177 Å². The summed E-state index contributed by atoms with van der Waals surface area (Å²) in [5.74, 6) is 0.914. The third-order valence-corrected chi connectivity index (χ3v) is 5.69. The van der Waals surface area contributed by atoms with E-state index in [2.05, 4.69) is 32.6 Å². The number of fused-ring (bicyclic) bond motifs is 2. The molecule has 0 unspecified atom stereocenters. The Balaban J connectivity index is 1.49. The Morgan fingerprint density at radius 1 is 1.32 bits per heavy atom. The van der Waals surface area contributed by atoms with E-state index in [1.807, 2.05) is 18.3 Å². The normalized spacial score (nSPS) is 17.4. The predicted molar refractivity (Wildman–Crippen MR) is 109 cm³/mol. The third kappa shape index (κ3) is 3.62. The molecule has 164 valence electrons. The van der Waals surface area contributed by atoms with Gasteiger partial charge in [-0.25, -0.2) is 18.0 Å². The van der Waals surface area contributed by atoms with E-state index in [0.717, 1.165) is 22.3 Å². The number of allylic oxidation sites excluding steroid dienone is 1. The van der Waals surface area contributed by atoms with E-state index in [-0.39, 0.29) is 5.41 Å². The fourth-order valence-corrected chi connectivity index (χ4v) is 3.97. The van der Waals surface area contributed by atoms with Crippen LogP contribution in [-0.4, -0.2) is 62.9 Å². The van der Waals surface area contributed by atoms with Gasteiger partial charge in [0, 0.05) is 23.7 Å². The van der Waals surface area contributed by atoms with Crippen LogP contribution in [-0.2, 0) is 17.7 Å². The number of nitrogens with zero attached hydrogens (tertiary/aromatic N) is 6. The Bertz CT molecular complexity index is 1150. The second kappa shape index (κ2) is 7.56. The lowest BCUT2D eigenvalue weighted by Gasteiger charge is -2.37. The molecular weight excluding hydrogens is 408 g/mol. The van der Waals surface area contributed by atoms with Crippen molar-refractivity contribution >= 4 is 23.1 Å². The standard InChI is InChI=1S/C20H23F2N7O2/c1-20(10-31-11-20)9-23-19-24-18(30-2)17-13(5-6-28(17)26-19)12-3-4-14-15(7-12)29(27-25-14)8-16(21)22/h5-7,16H,3-4,8-11H2,1-2H3,(H,23,26). The second-order valence-corrected chi connectivity index (χ2v) is 8.29. The van der Waals surface area contributed by atoms with Gasteiger partial charge in [0.1, 0.15) is 12.1 Å². The molecule has 0 radical (unpaired) electrons. The molecule has 4 heterocycles. The first-order chi connectivity index (χ1) is 15.0. The average molecular weight is 431 g/mol. The Kier molecular flexibility index (Phi) is 4.84. The average Bonchev–Trinajstić information content (AvgIpc) is 3.34. The number of anilines is 1. The number of alkyl halides is 2. The van der Waals surface area contributed by atoms with Crippen LogP contribution in [0.2, 0.25) is 0 Å². The number of ether oxygens (including phenoxy) is 2. The van der Waals surface area contributed by atoms with Crippen LogP contribution in [0.1, 0.15) is 30.3 Å². The van der Waals surface area contributed by atoms with Crippen LogP contribution in [0.4, 0.5) is 14.7 Å². The molecule has 0 aromatic carbocycles. The van der Waals surface area contributed by atoms with Crippen LogP contribution < -0.4 is 10.1 Å². The van der Waals surface area contributed by atoms with Crippen molar-refractivity contribution in [3.63, 3.8) is 0 Å². The van der Waals surface area contributed by atoms with E-state index in [9.17, 15) is 8.78 Å². The van der Waals surface area contributed by atoms with Crippen molar-refractivity contribution in [1.29, 1.82) is 0 Å². The van der Waals surface area contributed by atoms with Crippen molar-refractivity contribution in [2.75, 3.05) is 32.2 Å². The quantitative estimate of drug-likeness (QED) is 0.615. The number of halogens is 2. The molecule has 0 spiro atoms. The molecule has 1 aliphatic carbocycles. The number of aromatic nitrogens is 6. The predicted octanol–water partition coefficient (Wildman–Crippen LogP) is 2.53. The van der Waals surface area contributed by atoms with Crippen molar-refractivity contribution in [1.82, 2.24) is 29.6 Å². The molecule has 11 heteroatoms. The minimum absolute atomic E-state index is 0.0766. The van der Waals surface area contributed by atoms with Crippen LogP contribution >= 0.6 is 0 Å². The van der Waals surface area contributed by atoms with Crippen molar-refractivity contribution < 1.29 is 18.3 Å². The smallest absolute Gasteiger partial charge is 0.258 e. The van der Waals surface area contributed by atoms with Crippen LogP contribution in [0.3, 0.4) is 0 Å². The zero-order chi connectivity index (χ0) is 21.6. The summed E-state index contributed by atoms with van der Waals surface area (Å²) in [6, 6.07) is 1.94. The van der Waals surface area contributed by atoms with Crippen LogP contribution in [0.15, 0.2) is 12.3 Å². The van der Waals surface area contributed by atoms with Gasteiger partial charge in [-0.1, -0.05) is 12.1 Å². The molecule has 1 saturated heterocycles. The second-order valence-electron chi connectivity index (χ2n) is 8.29. The van der Waals surface area contributed by atoms with Gasteiger partial charge in [-0.15, -0.1) is 10.2 Å². The summed E-state index contributed by atoms with van der Waals surface area (Å²) in [6.07, 6.45) is 2.57. The van der Waals surface area contributed by atoms with Gasteiger partial charge < -0.3 is 14.8 Å². The minimum Gasteiger partial charge on any atom is -0.479 e. The Hall–Kier alpha value is -3.08. The van der Waals surface area contributed by atoms with Gasteiger partial charge in [0.15, 0.2) is 0 Å². The van der Waals surface area contributed by atoms with Crippen LogP contribution in [0.25, 0.3) is 17.2 Å². The molecule has 1 aliphatic heterocycles. The van der Waals surface area contributed by atoms with Crippen molar-refractivity contribution in [2.24, 2.45) is 5.41 Å². The SMILES string of the molecule is COc1nc(NCC2(C)COC2)nn2ccc(C3=Cc4c(nnn4CC(F)F)CC3)c12. The summed E-state index contributed by atoms with van der Waals surface area (Å²) < 4.78 is 39.6. The molecule has 5 rings (SSSR count). The van der Waals surface area contributed by atoms with Gasteiger partial charge in [0.05, 0.1) is 31.7 Å². The number of aryl methyl sites for hydroxylation is 1. The highest BCUT2D eigenvalue weighted by Gasteiger charge is 2.33. The molecule has 0 atom stereocenters. The van der Waals surface area contributed by atoms with Crippen molar-refractivity contribution in [2.45, 2.75) is 32.7 Å². The van der Waals surface area contributed by atoms with Crippen LogP contribution in [0.5, 0.6) is 5.88 Å². The first-order valence-corrected chi connectivity index (χ1v) is 10.1. The molecule has 0 saturated carbocycles. The van der Waals surface area contributed by atoms with E-state index in [1.54, 1.807) is 11.6 Å². The first-order valence-electron chi connectivity index (χ1n) is 10.1. The highest BCUT2D eigenvalue weighted by Crippen LogP contribution is 2.35. The zero-order valence-corrected chi connectivity index (χ0v) is 17.3. The fourth-order valence-electron chi connectivity index (χ4n) is 3.97. The number of hydrogen-bond donors (Lipinski definition) is 1. The van der Waals surface area contributed by atoms with Gasteiger partial charge in [-0.3, -0.25) is 0 Å². The van der Waals surface area contributed by atoms with Gasteiger partial charge in [0.25, 0.3) is 6.43 Å². The molecule has 3 aromatic heterocycles. The van der Waals surface area contributed by atoms with Crippen LogP contribution in [0, 0.1) is 5.41 Å². The topological polar surface area (TPSA) is 91.4 Å². The molecular formula is C20H23F2N7O2. The third-order valence-electron chi connectivity index (χ3n) is 5.69. The highest BCUT2D eigenvalue weighted by molar-refractivity contribution is 5.91. The maximum Gasteiger partial charge on any atom is 0.258 e. The number of rotatable bonds is 7. The molecule has 1 fully saturated rings. The molecule has 0 bridgehead atoms. The summed E-state index contributed by atoms with van der Waals surface area (Å²) >= 11 is 0. The summed E-state index contributed by atoms with van der Waals surface area (Å²) in [6.45, 7) is 3.78. The summed E-state index contributed by atoms with van der Waals surface area (Å²) in [5.41, 5.74) is 4.04. The summed E-state index contributed by atoms with van der Waals surface area (Å²) in [5, 5.41) is 15.8. The number of methoxy groups -OCH3 is 1. The highest BCUT2D eigenvalue weighted by atomic mass is 19.3. The maximum absolute atomic E-state index is 12.9. The molecule has 1 N–H and O–H groups in total. The van der Waals surface area contributed by atoms with E-state index < -0.39 is 13.0 Å². The van der Waals surface area contributed by atoms with E-state index >= 15 is 0 Å². The number of hydrogen-bond acceptors (Lipinski definition) is 7. The number of nitrogens with one attached hydrogen (secondary N) is 1. The molecule has 31 heavy (non-hydrogen) atoms. The van der Waals surface area contributed by atoms with Gasteiger partial charge in [-0.2, -0.15) is 4.98 Å². The first kappa shape index (κ1) is 19.9. The van der Waals surface area contributed by atoms with Gasteiger partial charge in [0.2, 0.25) is 11.8 Å². The lowest BCUT2D eigenvalue weighted by atomic mass is 9.89. The summed E-state index contributed by atoms with van der Waals surface area (Å²) in [7, 11) is 1.57. The fraction of sp³-hybridized carbons (Fsp3) is 0.500. The van der Waals surface area contributed by atoms with Crippen molar-refractivity contribution in [3.8, 4) is 5.88 Å². The lowest BCUT2D eigenvalue weighted by Crippen LogP contribution is -2.45. The van der Waals surface area contributed by atoms with E-state index in [0.29, 0.717) is 50.1 Å². The minimum atomic E-state index is -2.49. The molecule has 2 aliphatic rings. The summed E-state index contributed by atoms with van der Waals surface area (Å²) in [4.78, 5) is 4.54. The largest absolute Gasteiger partial charge is 0.479 e. The lowest BCUT2D eigenvalue weighted by molar-refractivity contribution is -0.0925.